The molecule has 3 rings (SSSR count). The fourth-order valence-electron chi connectivity index (χ4n) is 6.61. The van der Waals surface area contributed by atoms with E-state index in [9.17, 15) is 24.0 Å². The number of likely N-dealkylation sites (N-methyl/N-ethyl adjacent to an activating group) is 2. The van der Waals surface area contributed by atoms with Gasteiger partial charge >= 0.3 is 0 Å². The Morgan fingerprint density at radius 1 is 0.848 bits per heavy atom. The minimum atomic E-state index is -2.87. The van der Waals surface area contributed by atoms with Crippen molar-refractivity contribution in [3.05, 3.63) is 35.8 Å². The Morgan fingerprint density at radius 2 is 1.41 bits per heavy atom. The standard InChI is InChI=1S/C35H56N6O5/c1-22(2)28(37-32(43)29(23(3)4)38(7)8)34(45)39(9)30(24(5)6)35(46)41-20-14-18-27(41)33(44)40-19-13-17-26(40)31(42)36-21-25-15-11-10-12-16-25/h10-12,15-16,22-24,26-30H,13-14,17-21H2,1-9H3,(H,36,42)(H,37,43)/t26-,27+,28?,29?,30?/m0/s1/i10D,11D,12D,15D,16D,21D2. The smallest absolute Gasteiger partial charge is 0.246 e. The number of nitrogens with zero attached hydrogens (tertiary/aromatic N) is 4. The highest BCUT2D eigenvalue weighted by Gasteiger charge is 2.45. The molecule has 0 aliphatic carbocycles. The monoisotopic (exact) mass is 647 g/mol. The first-order valence-electron chi connectivity index (χ1n) is 19.7. The van der Waals surface area contributed by atoms with E-state index in [1.165, 1.54) is 21.7 Å². The first kappa shape index (κ1) is 27.6. The van der Waals surface area contributed by atoms with Crippen LogP contribution in [0.15, 0.2) is 30.2 Å². The minimum absolute atomic E-state index is 0.0226. The Balaban J connectivity index is 1.83. The van der Waals surface area contributed by atoms with Crippen molar-refractivity contribution in [1.29, 1.82) is 0 Å². The van der Waals surface area contributed by atoms with E-state index in [0.29, 0.717) is 19.3 Å². The van der Waals surface area contributed by atoms with Crippen molar-refractivity contribution in [2.75, 3.05) is 34.2 Å². The van der Waals surface area contributed by atoms with Gasteiger partial charge in [0.15, 0.2) is 0 Å². The van der Waals surface area contributed by atoms with Gasteiger partial charge in [0.1, 0.15) is 24.2 Å². The zero-order chi connectivity index (χ0) is 40.4. The molecule has 11 nitrogen and oxygen atoms in total. The van der Waals surface area contributed by atoms with E-state index in [1.807, 2.05) is 27.7 Å². The van der Waals surface area contributed by atoms with E-state index < -0.39 is 96.1 Å². The molecule has 2 aliphatic rings. The fourth-order valence-corrected chi connectivity index (χ4v) is 6.61. The first-order chi connectivity index (χ1) is 24.5. The number of likely N-dealkylation sites (tertiary alicyclic amines) is 2. The highest BCUT2D eigenvalue weighted by atomic mass is 16.2. The molecule has 256 valence electrons. The molecule has 1 aromatic carbocycles. The summed E-state index contributed by atoms with van der Waals surface area (Å²) in [6.07, 6.45) is 1.42. The number of nitrogens with one attached hydrogen (secondary N) is 2. The van der Waals surface area contributed by atoms with Gasteiger partial charge in [-0.2, -0.15) is 0 Å². The van der Waals surface area contributed by atoms with Gasteiger partial charge in [0.25, 0.3) is 0 Å². The largest absolute Gasteiger partial charge is 0.350 e. The molecule has 5 amide bonds. The van der Waals surface area contributed by atoms with Gasteiger partial charge in [0.05, 0.1) is 15.6 Å². The second-order valence-electron chi connectivity index (χ2n) is 13.5. The molecule has 2 fully saturated rings. The lowest BCUT2D eigenvalue weighted by molar-refractivity contribution is -0.153. The first-order valence-corrected chi connectivity index (χ1v) is 16.2. The summed E-state index contributed by atoms with van der Waals surface area (Å²) in [7, 11) is 5.11. The Morgan fingerprint density at radius 3 is 1.96 bits per heavy atom. The van der Waals surface area contributed by atoms with E-state index >= 15 is 0 Å². The third-order valence-corrected chi connectivity index (χ3v) is 8.81. The van der Waals surface area contributed by atoms with Crippen LogP contribution in [0.1, 0.15) is 82.4 Å². The SMILES string of the molecule is [2H]c1c([2H])c([2H])c(C([2H])([2H])NC(=O)[C@@H]2CCCN2C(=O)[C@H]2CCCN2C(=O)C(C(C)C)N(C)C(=O)C(NC(=O)C(C(C)C)N(C)C)C(C)C)c([2H])c1[2H]. The molecule has 0 spiro atoms. The molecule has 5 atom stereocenters. The number of benzene rings is 1. The molecular weight excluding hydrogens is 584 g/mol. The molecule has 2 saturated heterocycles. The van der Waals surface area contributed by atoms with Gasteiger partial charge in [-0.25, -0.2) is 0 Å². The van der Waals surface area contributed by atoms with Gasteiger partial charge in [-0.1, -0.05) is 71.8 Å². The maximum absolute atomic E-state index is 14.3. The third kappa shape index (κ3) is 8.66. The Kier molecular flexibility index (Phi) is 9.84. The van der Waals surface area contributed by atoms with Gasteiger partial charge < -0.3 is 25.3 Å². The highest BCUT2D eigenvalue weighted by molar-refractivity contribution is 5.96. The summed E-state index contributed by atoms with van der Waals surface area (Å²) in [5, 5.41) is 5.08. The number of hydrogen-bond acceptors (Lipinski definition) is 6. The van der Waals surface area contributed by atoms with Crippen molar-refractivity contribution in [1.82, 2.24) is 30.2 Å². The predicted octanol–water partition coefficient (Wildman–Crippen LogP) is 2.49. The number of rotatable bonds is 13. The van der Waals surface area contributed by atoms with Crippen LogP contribution in [0.25, 0.3) is 0 Å². The van der Waals surface area contributed by atoms with Crippen molar-refractivity contribution in [2.45, 2.75) is 104 Å². The van der Waals surface area contributed by atoms with Gasteiger partial charge in [0.2, 0.25) is 29.5 Å². The molecule has 0 aromatic heterocycles. The van der Waals surface area contributed by atoms with Crippen molar-refractivity contribution < 1.29 is 33.6 Å². The van der Waals surface area contributed by atoms with Gasteiger partial charge in [-0.05, 0) is 63.1 Å². The second-order valence-corrected chi connectivity index (χ2v) is 13.5. The summed E-state index contributed by atoms with van der Waals surface area (Å²) in [6, 6.07) is -8.20. The quantitative estimate of drug-likeness (QED) is 0.340. The molecule has 0 saturated carbocycles. The van der Waals surface area contributed by atoms with Gasteiger partial charge in [0, 0.05) is 26.6 Å². The summed E-state index contributed by atoms with van der Waals surface area (Å²) in [5.41, 5.74) is -0.726. The van der Waals surface area contributed by atoms with E-state index in [4.69, 9.17) is 9.60 Å². The molecule has 2 aliphatic heterocycles. The number of carbonyl (C=O) groups excluding carboxylic acids is 5. The number of amides is 5. The maximum atomic E-state index is 14.3. The summed E-state index contributed by atoms with van der Waals surface area (Å²) in [6.45, 7) is 8.61. The summed E-state index contributed by atoms with van der Waals surface area (Å²) in [4.78, 5) is 75.3. The van der Waals surface area contributed by atoms with Crippen LogP contribution in [0.3, 0.4) is 0 Å². The normalized spacial score (nSPS) is 22.8. The van der Waals surface area contributed by atoms with Gasteiger partial charge in [-0.3, -0.25) is 28.9 Å². The van der Waals surface area contributed by atoms with Crippen LogP contribution in [-0.4, -0.2) is 114 Å². The van der Waals surface area contributed by atoms with E-state index in [1.54, 1.807) is 32.8 Å². The molecule has 2 heterocycles. The lowest BCUT2D eigenvalue weighted by Crippen LogP contribution is -2.61. The predicted molar refractivity (Wildman–Crippen MR) is 178 cm³/mol. The Labute approximate surface area is 285 Å². The molecule has 0 radical (unpaired) electrons. The highest BCUT2D eigenvalue weighted by Crippen LogP contribution is 2.28. The molecule has 3 unspecified atom stereocenters. The zero-order valence-corrected chi connectivity index (χ0v) is 28.7. The van der Waals surface area contributed by atoms with Crippen LogP contribution in [0, 0.1) is 17.8 Å². The molecule has 0 bridgehead atoms. The molecule has 46 heavy (non-hydrogen) atoms. The second kappa shape index (κ2) is 16.4. The van der Waals surface area contributed by atoms with Gasteiger partial charge in [-0.15, -0.1) is 0 Å². The van der Waals surface area contributed by atoms with Crippen LogP contribution in [-0.2, 0) is 30.5 Å². The summed E-state index contributed by atoms with van der Waals surface area (Å²) >= 11 is 0. The third-order valence-electron chi connectivity index (χ3n) is 8.81. The Bertz CT molecular complexity index is 1540. The molecular formula is C35H56N6O5. The van der Waals surface area contributed by atoms with Crippen LogP contribution in [0.4, 0.5) is 0 Å². The molecule has 1 aromatic rings. The van der Waals surface area contributed by atoms with E-state index in [2.05, 4.69) is 10.6 Å². The maximum Gasteiger partial charge on any atom is 0.246 e. The average molecular weight is 648 g/mol. The average Bonchev–Trinajstić information content (AvgIpc) is 3.75. The summed E-state index contributed by atoms with van der Waals surface area (Å²) < 4.78 is 56.9. The van der Waals surface area contributed by atoms with Crippen molar-refractivity contribution in [3.63, 3.8) is 0 Å². The topological polar surface area (TPSA) is 122 Å². The van der Waals surface area contributed by atoms with E-state index in [-0.39, 0.29) is 43.2 Å². The molecule has 11 heteroatoms. The van der Waals surface area contributed by atoms with Crippen LogP contribution in [0.5, 0.6) is 0 Å². The fraction of sp³-hybridized carbons (Fsp3) is 0.686. The van der Waals surface area contributed by atoms with Crippen molar-refractivity contribution in [3.8, 4) is 0 Å². The van der Waals surface area contributed by atoms with Crippen LogP contribution < -0.4 is 10.6 Å². The Hall–Kier alpha value is -3.47. The van der Waals surface area contributed by atoms with Crippen LogP contribution >= 0.6 is 0 Å². The van der Waals surface area contributed by atoms with Crippen molar-refractivity contribution >= 4 is 29.5 Å². The lowest BCUT2D eigenvalue weighted by Gasteiger charge is -2.38. The number of carbonyl (C=O) groups is 5. The minimum Gasteiger partial charge on any atom is -0.350 e. The zero-order valence-electron chi connectivity index (χ0n) is 35.7. The van der Waals surface area contributed by atoms with Crippen molar-refractivity contribution in [2.24, 2.45) is 17.8 Å². The van der Waals surface area contributed by atoms with E-state index in [0.717, 1.165) is 0 Å². The van der Waals surface area contributed by atoms with Crippen LogP contribution in [0.2, 0.25) is 0 Å². The summed E-state index contributed by atoms with van der Waals surface area (Å²) in [5.74, 6) is -3.25. The molecule has 2 N–H and O–H groups in total. The lowest BCUT2D eigenvalue weighted by atomic mass is 9.96. The number of hydrogen-bond donors (Lipinski definition) is 2.